The van der Waals surface area contributed by atoms with Crippen molar-refractivity contribution in [2.24, 2.45) is 11.3 Å². The molecular weight excluding hydrogens is 518 g/mol. The summed E-state index contributed by atoms with van der Waals surface area (Å²) in [5.74, 6) is 0.0347. The van der Waals surface area contributed by atoms with Gasteiger partial charge in [-0.2, -0.15) is 0 Å². The highest BCUT2D eigenvalue weighted by Gasteiger charge is 2.52. The second kappa shape index (κ2) is 14.5. The van der Waals surface area contributed by atoms with Crippen molar-refractivity contribution in [3.05, 3.63) is 29.8 Å². The number of hydrogen-bond donors (Lipinski definition) is 1. The molecule has 5 unspecified atom stereocenters. The van der Waals surface area contributed by atoms with Crippen LogP contribution in [-0.4, -0.2) is 69.2 Å². The maximum absolute atomic E-state index is 6.81. The fourth-order valence-electron chi connectivity index (χ4n) is 5.98. The first-order chi connectivity index (χ1) is 19.6. The molecule has 0 bridgehead atoms. The van der Waals surface area contributed by atoms with Crippen LogP contribution < -0.4 is 10.1 Å². The molecule has 4 rings (SSSR count). The fourth-order valence-corrected chi connectivity index (χ4v) is 5.98. The van der Waals surface area contributed by atoms with Crippen LogP contribution in [0.25, 0.3) is 0 Å². The monoisotopic (exact) mass is 575 g/mol. The van der Waals surface area contributed by atoms with Gasteiger partial charge in [-0.1, -0.05) is 59.1 Å². The molecular formula is C34H57NO6. The van der Waals surface area contributed by atoms with Crippen LogP contribution in [0.4, 0.5) is 0 Å². The molecule has 234 valence electrons. The summed E-state index contributed by atoms with van der Waals surface area (Å²) < 4.78 is 37.6. The van der Waals surface area contributed by atoms with Crippen LogP contribution in [0.1, 0.15) is 105 Å². The molecule has 2 heterocycles. The summed E-state index contributed by atoms with van der Waals surface area (Å²) in [6.45, 7) is 19.2. The predicted molar refractivity (Wildman–Crippen MR) is 162 cm³/mol. The first-order valence-corrected chi connectivity index (χ1v) is 16.2. The van der Waals surface area contributed by atoms with Crippen LogP contribution in [0.2, 0.25) is 0 Å². The molecule has 0 radical (unpaired) electrons. The zero-order valence-electron chi connectivity index (χ0n) is 26.8. The minimum Gasteiger partial charge on any atom is -0.491 e. The van der Waals surface area contributed by atoms with Crippen LogP contribution in [-0.2, 0) is 23.7 Å². The average Bonchev–Trinajstić information content (AvgIpc) is 3.84. The topological polar surface area (TPSA) is 70.7 Å². The third-order valence-corrected chi connectivity index (χ3v) is 9.81. The number of benzene rings is 1. The highest BCUT2D eigenvalue weighted by Crippen LogP contribution is 2.42. The number of hydrogen-bond acceptors (Lipinski definition) is 7. The number of rotatable bonds is 16. The van der Waals surface area contributed by atoms with E-state index >= 15 is 0 Å². The summed E-state index contributed by atoms with van der Waals surface area (Å²) >= 11 is 0. The molecule has 2 aliphatic heterocycles. The molecule has 7 heteroatoms. The molecule has 0 spiro atoms. The Morgan fingerprint density at radius 2 is 1.66 bits per heavy atom. The fraction of sp³-hybridized carbons (Fsp3) is 0.824. The van der Waals surface area contributed by atoms with Crippen molar-refractivity contribution in [2.45, 2.75) is 129 Å². The number of nitrogens with one attached hydrogen (secondary N) is 1. The Kier molecular flexibility index (Phi) is 11.6. The van der Waals surface area contributed by atoms with Gasteiger partial charge in [-0.3, -0.25) is 0 Å². The molecule has 1 aliphatic carbocycles. The van der Waals surface area contributed by atoms with Gasteiger partial charge in [0.1, 0.15) is 25.1 Å². The van der Waals surface area contributed by atoms with Gasteiger partial charge in [0.25, 0.3) is 0 Å². The van der Waals surface area contributed by atoms with Gasteiger partial charge in [-0.05, 0) is 64.2 Å². The molecule has 5 atom stereocenters. The van der Waals surface area contributed by atoms with Crippen LogP contribution in [0.3, 0.4) is 0 Å². The second-order valence-electron chi connectivity index (χ2n) is 13.5. The third kappa shape index (κ3) is 8.90. The van der Waals surface area contributed by atoms with Gasteiger partial charge < -0.3 is 33.7 Å². The van der Waals surface area contributed by atoms with E-state index in [1.54, 1.807) is 0 Å². The molecule has 2 saturated heterocycles. The van der Waals surface area contributed by atoms with E-state index in [1.165, 1.54) is 32.1 Å². The van der Waals surface area contributed by atoms with Crippen LogP contribution in [0.5, 0.6) is 5.75 Å². The van der Waals surface area contributed by atoms with E-state index < -0.39 is 5.79 Å². The van der Waals surface area contributed by atoms with E-state index in [2.05, 4.69) is 65.9 Å². The lowest BCUT2D eigenvalue weighted by Crippen LogP contribution is -2.64. The minimum atomic E-state index is -0.864. The molecule has 1 aromatic rings. The maximum atomic E-state index is 6.81. The zero-order chi connectivity index (χ0) is 29.5. The molecule has 0 aromatic heterocycles. The van der Waals surface area contributed by atoms with Crippen molar-refractivity contribution in [3.63, 3.8) is 0 Å². The SMILES string of the molecule is CCC(C)NC(C)(CC)C(C)C1(COC(C)c2ccc(OCC3CO3)cc2)OCC(C)(COC2CCCCC2)CO1. The van der Waals surface area contributed by atoms with Gasteiger partial charge in [0, 0.05) is 22.9 Å². The smallest absolute Gasteiger partial charge is 0.196 e. The summed E-state index contributed by atoms with van der Waals surface area (Å²) in [6.07, 6.45) is 8.73. The minimum absolute atomic E-state index is 0.0467. The number of epoxide rings is 1. The van der Waals surface area contributed by atoms with Gasteiger partial charge in [-0.15, -0.1) is 0 Å². The van der Waals surface area contributed by atoms with E-state index in [0.29, 0.717) is 45.2 Å². The van der Waals surface area contributed by atoms with Crippen molar-refractivity contribution in [1.29, 1.82) is 0 Å². The van der Waals surface area contributed by atoms with E-state index in [4.69, 9.17) is 28.4 Å². The largest absolute Gasteiger partial charge is 0.491 e. The summed E-state index contributed by atoms with van der Waals surface area (Å²) in [5.41, 5.74) is 0.735. The summed E-state index contributed by atoms with van der Waals surface area (Å²) in [5, 5.41) is 3.89. The van der Waals surface area contributed by atoms with E-state index in [9.17, 15) is 0 Å². The van der Waals surface area contributed by atoms with E-state index in [-0.39, 0.29) is 29.1 Å². The molecule has 1 saturated carbocycles. The molecule has 1 aromatic carbocycles. The number of ether oxygens (including phenoxy) is 6. The van der Waals surface area contributed by atoms with Crippen molar-refractivity contribution < 1.29 is 28.4 Å². The van der Waals surface area contributed by atoms with Crippen molar-refractivity contribution in [3.8, 4) is 5.75 Å². The second-order valence-corrected chi connectivity index (χ2v) is 13.5. The quantitative estimate of drug-likeness (QED) is 0.217. The Hall–Kier alpha value is -1.22. The molecule has 3 fully saturated rings. The van der Waals surface area contributed by atoms with Crippen LogP contribution >= 0.6 is 0 Å². The first-order valence-electron chi connectivity index (χ1n) is 16.2. The maximum Gasteiger partial charge on any atom is 0.196 e. The zero-order valence-corrected chi connectivity index (χ0v) is 26.8. The van der Waals surface area contributed by atoms with Gasteiger partial charge in [0.2, 0.25) is 0 Å². The van der Waals surface area contributed by atoms with E-state index in [1.807, 2.05) is 12.1 Å². The molecule has 1 N–H and O–H groups in total. The highest BCUT2D eigenvalue weighted by atomic mass is 16.7. The molecule has 7 nitrogen and oxygen atoms in total. The highest BCUT2D eigenvalue weighted by molar-refractivity contribution is 5.28. The Morgan fingerprint density at radius 3 is 2.24 bits per heavy atom. The normalized spacial score (nSPS) is 30.8. The summed E-state index contributed by atoms with van der Waals surface area (Å²) in [6, 6.07) is 8.56. The van der Waals surface area contributed by atoms with Crippen molar-refractivity contribution in [2.75, 3.05) is 39.6 Å². The molecule has 0 amide bonds. The Morgan fingerprint density at radius 1 is 1.00 bits per heavy atom. The van der Waals surface area contributed by atoms with E-state index in [0.717, 1.165) is 30.8 Å². The lowest BCUT2D eigenvalue weighted by Gasteiger charge is -2.52. The Bertz CT molecular complexity index is 906. The Labute approximate surface area is 249 Å². The standard InChI is InChI=1S/C34H57NO6/c1-8-25(3)35-33(7,9-2)27(5)34(40-22-32(6,23-41-34)21-39-29-13-11-10-12-14-29)24-38-26(4)28-15-17-30(18-16-28)36-19-31-20-37-31/h15-18,25-27,29,31,35H,8-14,19-24H2,1-7H3. The molecule has 3 aliphatic rings. The van der Waals surface area contributed by atoms with Crippen LogP contribution in [0, 0.1) is 11.3 Å². The predicted octanol–water partition coefficient (Wildman–Crippen LogP) is 6.83. The average molecular weight is 576 g/mol. The lowest BCUT2D eigenvalue weighted by atomic mass is 9.77. The first kappa shape index (κ1) is 32.7. The van der Waals surface area contributed by atoms with Gasteiger partial charge >= 0.3 is 0 Å². The summed E-state index contributed by atoms with van der Waals surface area (Å²) in [7, 11) is 0. The third-order valence-electron chi connectivity index (χ3n) is 9.81. The van der Waals surface area contributed by atoms with Crippen LogP contribution in [0.15, 0.2) is 24.3 Å². The lowest BCUT2D eigenvalue weighted by molar-refractivity contribution is -0.352. The summed E-state index contributed by atoms with van der Waals surface area (Å²) in [4.78, 5) is 0. The van der Waals surface area contributed by atoms with Gasteiger partial charge in [0.15, 0.2) is 5.79 Å². The molecule has 41 heavy (non-hydrogen) atoms. The van der Waals surface area contributed by atoms with Gasteiger partial charge in [0.05, 0.1) is 38.6 Å². The Balaban J connectivity index is 1.43. The van der Waals surface area contributed by atoms with Crippen molar-refractivity contribution in [1.82, 2.24) is 5.32 Å². The van der Waals surface area contributed by atoms with Crippen molar-refractivity contribution >= 4 is 0 Å². The van der Waals surface area contributed by atoms with Gasteiger partial charge in [-0.25, -0.2) is 0 Å².